The summed E-state index contributed by atoms with van der Waals surface area (Å²) in [4.78, 5) is 21.9. The van der Waals surface area contributed by atoms with Gasteiger partial charge in [-0.05, 0) is 30.7 Å². The Morgan fingerprint density at radius 1 is 1.14 bits per heavy atom. The first-order valence-corrected chi connectivity index (χ1v) is 6.90. The van der Waals surface area contributed by atoms with Gasteiger partial charge < -0.3 is 9.88 Å². The highest BCUT2D eigenvalue weighted by Crippen LogP contribution is 2.14. The molecule has 0 radical (unpaired) electrons. The van der Waals surface area contributed by atoms with Gasteiger partial charge in [-0.2, -0.15) is 0 Å². The number of hydrogen-bond donors (Lipinski definition) is 1. The van der Waals surface area contributed by atoms with E-state index in [1.54, 1.807) is 11.9 Å². The molecular weight excluding hydrogens is 262 g/mol. The lowest BCUT2D eigenvalue weighted by Gasteiger charge is -2.17. The van der Waals surface area contributed by atoms with E-state index in [0.717, 1.165) is 28.0 Å². The van der Waals surface area contributed by atoms with Crippen LogP contribution < -0.4 is 0 Å². The maximum Gasteiger partial charge on any atom is 0.254 e. The first-order valence-electron chi connectivity index (χ1n) is 6.90. The molecule has 0 aliphatic rings. The number of amides is 1. The van der Waals surface area contributed by atoms with Gasteiger partial charge in [-0.1, -0.05) is 30.3 Å². The number of carbonyl (C=O) groups excluding carboxylic acids is 1. The van der Waals surface area contributed by atoms with Crippen LogP contribution in [0.3, 0.4) is 0 Å². The minimum atomic E-state index is 0.00792. The zero-order chi connectivity index (χ0) is 14.8. The summed E-state index contributed by atoms with van der Waals surface area (Å²) in [5.41, 5.74) is 3.63. The van der Waals surface area contributed by atoms with Gasteiger partial charge >= 0.3 is 0 Å². The summed E-state index contributed by atoms with van der Waals surface area (Å²) in [5, 5.41) is 0. The number of benzene rings is 2. The van der Waals surface area contributed by atoms with Crippen LogP contribution in [0, 0.1) is 6.92 Å². The SMILES string of the molecule is Cc1ccccc1C(=O)N(C)Cc1nc2ccccc2[nH]1. The summed E-state index contributed by atoms with van der Waals surface area (Å²) in [6, 6.07) is 15.5. The van der Waals surface area contributed by atoms with Crippen molar-refractivity contribution in [2.45, 2.75) is 13.5 Å². The van der Waals surface area contributed by atoms with E-state index in [4.69, 9.17) is 0 Å². The smallest absolute Gasteiger partial charge is 0.254 e. The van der Waals surface area contributed by atoms with Gasteiger partial charge in [-0.15, -0.1) is 0 Å². The Morgan fingerprint density at radius 3 is 2.62 bits per heavy atom. The number of fused-ring (bicyclic) bond motifs is 1. The standard InChI is InChI=1S/C17H17N3O/c1-12-7-3-4-8-13(12)17(21)20(2)11-16-18-14-9-5-6-10-15(14)19-16/h3-10H,11H2,1-2H3,(H,18,19). The number of rotatable bonds is 3. The van der Waals surface area contributed by atoms with Gasteiger partial charge in [0.1, 0.15) is 5.82 Å². The normalized spacial score (nSPS) is 10.8. The van der Waals surface area contributed by atoms with E-state index in [-0.39, 0.29) is 5.91 Å². The number of para-hydroxylation sites is 2. The molecule has 106 valence electrons. The second-order valence-corrected chi connectivity index (χ2v) is 5.18. The molecule has 21 heavy (non-hydrogen) atoms. The molecule has 0 atom stereocenters. The van der Waals surface area contributed by atoms with Crippen molar-refractivity contribution in [3.05, 3.63) is 65.5 Å². The van der Waals surface area contributed by atoms with E-state index in [1.165, 1.54) is 0 Å². The maximum atomic E-state index is 12.5. The Balaban J connectivity index is 1.81. The molecule has 2 aromatic carbocycles. The molecule has 0 aliphatic heterocycles. The van der Waals surface area contributed by atoms with Crippen LogP contribution in [-0.2, 0) is 6.54 Å². The van der Waals surface area contributed by atoms with Crippen molar-refractivity contribution in [3.8, 4) is 0 Å². The maximum absolute atomic E-state index is 12.5. The molecule has 3 rings (SSSR count). The molecule has 4 heteroatoms. The van der Waals surface area contributed by atoms with Gasteiger partial charge in [-0.3, -0.25) is 4.79 Å². The summed E-state index contributed by atoms with van der Waals surface area (Å²) < 4.78 is 0. The first-order chi connectivity index (χ1) is 10.1. The fraction of sp³-hybridized carbons (Fsp3) is 0.176. The Morgan fingerprint density at radius 2 is 1.86 bits per heavy atom. The molecule has 0 spiro atoms. The molecule has 4 nitrogen and oxygen atoms in total. The lowest BCUT2D eigenvalue weighted by Crippen LogP contribution is -2.27. The average molecular weight is 279 g/mol. The summed E-state index contributed by atoms with van der Waals surface area (Å²) in [6.45, 7) is 2.41. The third-order valence-corrected chi connectivity index (χ3v) is 3.55. The van der Waals surface area contributed by atoms with E-state index in [1.807, 2.05) is 55.5 Å². The van der Waals surface area contributed by atoms with Crippen molar-refractivity contribution < 1.29 is 4.79 Å². The summed E-state index contributed by atoms with van der Waals surface area (Å²) in [7, 11) is 1.79. The zero-order valence-electron chi connectivity index (χ0n) is 12.1. The van der Waals surface area contributed by atoms with E-state index in [0.29, 0.717) is 6.54 Å². The van der Waals surface area contributed by atoms with Gasteiger partial charge in [0.05, 0.1) is 17.6 Å². The molecule has 1 heterocycles. The quantitative estimate of drug-likeness (QED) is 0.800. The highest BCUT2D eigenvalue weighted by atomic mass is 16.2. The molecule has 1 aromatic heterocycles. The minimum absolute atomic E-state index is 0.00792. The van der Waals surface area contributed by atoms with Crippen molar-refractivity contribution >= 4 is 16.9 Å². The number of aromatic amines is 1. The van der Waals surface area contributed by atoms with Gasteiger partial charge in [0.25, 0.3) is 5.91 Å². The first kappa shape index (κ1) is 13.4. The van der Waals surface area contributed by atoms with Crippen molar-refractivity contribution in [2.24, 2.45) is 0 Å². The van der Waals surface area contributed by atoms with Crippen LogP contribution >= 0.6 is 0 Å². The molecule has 0 bridgehead atoms. The highest BCUT2D eigenvalue weighted by molar-refractivity contribution is 5.95. The molecule has 0 unspecified atom stereocenters. The van der Waals surface area contributed by atoms with Gasteiger partial charge in [0.15, 0.2) is 0 Å². The van der Waals surface area contributed by atoms with Crippen molar-refractivity contribution in [3.63, 3.8) is 0 Å². The van der Waals surface area contributed by atoms with Gasteiger partial charge in [-0.25, -0.2) is 4.98 Å². The fourth-order valence-corrected chi connectivity index (χ4v) is 2.40. The Bertz CT molecular complexity index is 758. The molecule has 0 saturated heterocycles. The summed E-state index contributed by atoms with van der Waals surface area (Å²) in [5.74, 6) is 0.800. The molecular formula is C17H17N3O. The number of nitrogens with zero attached hydrogens (tertiary/aromatic N) is 2. The largest absolute Gasteiger partial charge is 0.340 e. The number of aromatic nitrogens is 2. The van der Waals surface area contributed by atoms with Crippen molar-refractivity contribution in [2.75, 3.05) is 7.05 Å². The molecule has 1 N–H and O–H groups in total. The van der Waals surface area contributed by atoms with Crippen LogP contribution in [0.1, 0.15) is 21.7 Å². The number of nitrogens with one attached hydrogen (secondary N) is 1. The van der Waals surface area contributed by atoms with Gasteiger partial charge in [0.2, 0.25) is 0 Å². The highest BCUT2D eigenvalue weighted by Gasteiger charge is 2.15. The van der Waals surface area contributed by atoms with Crippen molar-refractivity contribution in [1.29, 1.82) is 0 Å². The predicted molar refractivity (Wildman–Crippen MR) is 83.1 cm³/mol. The predicted octanol–water partition coefficient (Wildman–Crippen LogP) is 3.14. The van der Waals surface area contributed by atoms with Crippen LogP contribution in [0.25, 0.3) is 11.0 Å². The average Bonchev–Trinajstić information content (AvgIpc) is 2.89. The second-order valence-electron chi connectivity index (χ2n) is 5.18. The van der Waals surface area contributed by atoms with Crippen LogP contribution in [0.4, 0.5) is 0 Å². The molecule has 3 aromatic rings. The lowest BCUT2D eigenvalue weighted by atomic mass is 10.1. The fourth-order valence-electron chi connectivity index (χ4n) is 2.40. The van der Waals surface area contributed by atoms with E-state index in [9.17, 15) is 4.79 Å². The number of aryl methyl sites for hydroxylation is 1. The number of H-pyrrole nitrogens is 1. The Labute approximate surface area is 123 Å². The second kappa shape index (κ2) is 5.40. The van der Waals surface area contributed by atoms with Crippen LogP contribution in [0.15, 0.2) is 48.5 Å². The zero-order valence-corrected chi connectivity index (χ0v) is 12.1. The van der Waals surface area contributed by atoms with Crippen LogP contribution in [0.5, 0.6) is 0 Å². The number of hydrogen-bond acceptors (Lipinski definition) is 2. The Kier molecular flexibility index (Phi) is 3.44. The molecule has 0 aliphatic carbocycles. The van der Waals surface area contributed by atoms with Crippen molar-refractivity contribution in [1.82, 2.24) is 14.9 Å². The monoisotopic (exact) mass is 279 g/mol. The molecule has 0 fully saturated rings. The number of carbonyl (C=O) groups is 1. The summed E-state index contributed by atoms with van der Waals surface area (Å²) >= 11 is 0. The van der Waals surface area contributed by atoms with Gasteiger partial charge in [0, 0.05) is 12.6 Å². The molecule has 0 saturated carbocycles. The Hall–Kier alpha value is -2.62. The third kappa shape index (κ3) is 2.65. The minimum Gasteiger partial charge on any atom is -0.340 e. The van der Waals surface area contributed by atoms with E-state index in [2.05, 4.69) is 9.97 Å². The lowest BCUT2D eigenvalue weighted by molar-refractivity contribution is 0.0781. The summed E-state index contributed by atoms with van der Waals surface area (Å²) in [6.07, 6.45) is 0. The number of imidazole rings is 1. The molecule has 1 amide bonds. The van der Waals surface area contributed by atoms with E-state index < -0.39 is 0 Å². The third-order valence-electron chi connectivity index (χ3n) is 3.55. The van der Waals surface area contributed by atoms with Crippen LogP contribution in [0.2, 0.25) is 0 Å². The topological polar surface area (TPSA) is 49.0 Å². The van der Waals surface area contributed by atoms with Crippen LogP contribution in [-0.4, -0.2) is 27.8 Å². The van der Waals surface area contributed by atoms with E-state index >= 15 is 0 Å².